The van der Waals surface area contributed by atoms with Crippen LogP contribution in [0.3, 0.4) is 0 Å². The minimum Gasteiger partial charge on any atom is -0.379 e. The number of nitrogens with one attached hydrogen (secondary N) is 1. The van der Waals surface area contributed by atoms with Gasteiger partial charge in [0, 0.05) is 24.7 Å². The Morgan fingerprint density at radius 3 is 2.35 bits per heavy atom. The third-order valence-corrected chi connectivity index (χ3v) is 8.41. The molecule has 2 fully saturated rings. The summed E-state index contributed by atoms with van der Waals surface area (Å²) in [5.74, 6) is 0.334. The van der Waals surface area contributed by atoms with Crippen molar-refractivity contribution in [2.75, 3.05) is 26.3 Å². The van der Waals surface area contributed by atoms with Crippen molar-refractivity contribution in [2.45, 2.75) is 49.5 Å². The number of aryl methyl sites for hydroxylation is 1. The van der Waals surface area contributed by atoms with Crippen molar-refractivity contribution < 1.29 is 17.9 Å². The van der Waals surface area contributed by atoms with Gasteiger partial charge in [-0.15, -0.1) is 0 Å². The molecule has 2 aromatic rings. The van der Waals surface area contributed by atoms with Crippen molar-refractivity contribution in [1.29, 1.82) is 0 Å². The molecule has 1 heterocycles. The number of carbonyl (C=O) groups is 1. The molecular weight excluding hydrogens is 412 g/mol. The zero-order valence-electron chi connectivity index (χ0n) is 17.9. The Labute approximate surface area is 184 Å². The number of benzene rings is 2. The highest BCUT2D eigenvalue weighted by atomic mass is 32.2. The molecule has 0 spiro atoms. The molecule has 6 nitrogen and oxygen atoms in total. The van der Waals surface area contributed by atoms with Crippen LogP contribution >= 0.6 is 0 Å². The minimum absolute atomic E-state index is 0.119. The maximum absolute atomic E-state index is 13.1. The van der Waals surface area contributed by atoms with E-state index in [4.69, 9.17) is 4.74 Å². The van der Waals surface area contributed by atoms with Crippen LogP contribution in [-0.2, 0) is 14.8 Å². The highest BCUT2D eigenvalue weighted by Gasteiger charge is 2.29. The van der Waals surface area contributed by atoms with Gasteiger partial charge in [0.2, 0.25) is 10.0 Å². The van der Waals surface area contributed by atoms with Crippen LogP contribution in [0.15, 0.2) is 53.4 Å². The molecule has 31 heavy (non-hydrogen) atoms. The van der Waals surface area contributed by atoms with Crippen molar-refractivity contribution in [3.05, 3.63) is 65.2 Å². The van der Waals surface area contributed by atoms with Crippen LogP contribution in [0.5, 0.6) is 0 Å². The van der Waals surface area contributed by atoms with Gasteiger partial charge in [-0.05, 0) is 61.8 Å². The van der Waals surface area contributed by atoms with Crippen LogP contribution in [0.25, 0.3) is 0 Å². The van der Waals surface area contributed by atoms with Gasteiger partial charge in [-0.1, -0.05) is 36.4 Å². The topological polar surface area (TPSA) is 75.7 Å². The highest BCUT2D eigenvalue weighted by molar-refractivity contribution is 7.89. The first kappa shape index (κ1) is 22.0. The van der Waals surface area contributed by atoms with E-state index in [0.29, 0.717) is 43.3 Å². The first-order chi connectivity index (χ1) is 14.9. The molecule has 1 aliphatic carbocycles. The monoisotopic (exact) mass is 442 g/mol. The van der Waals surface area contributed by atoms with E-state index >= 15 is 0 Å². The van der Waals surface area contributed by atoms with Gasteiger partial charge in [0.05, 0.1) is 18.1 Å². The molecule has 0 aromatic heterocycles. The first-order valence-corrected chi connectivity index (χ1v) is 12.4. The number of amides is 1. The normalized spacial score (nSPS) is 22.7. The second-order valence-electron chi connectivity index (χ2n) is 8.43. The first-order valence-electron chi connectivity index (χ1n) is 11.0. The number of sulfonamides is 1. The summed E-state index contributed by atoms with van der Waals surface area (Å²) in [5.41, 5.74) is 2.40. The molecular formula is C24H30N2O4S. The molecule has 1 saturated heterocycles. The third kappa shape index (κ3) is 5.00. The van der Waals surface area contributed by atoms with Gasteiger partial charge in [-0.3, -0.25) is 4.79 Å². The largest absolute Gasteiger partial charge is 0.379 e. The van der Waals surface area contributed by atoms with Crippen molar-refractivity contribution in [3.63, 3.8) is 0 Å². The summed E-state index contributed by atoms with van der Waals surface area (Å²) in [6, 6.07) is 15.6. The maximum Gasteiger partial charge on any atom is 0.251 e. The van der Waals surface area contributed by atoms with Crippen LogP contribution < -0.4 is 5.32 Å². The quantitative estimate of drug-likeness (QED) is 0.769. The Bertz CT molecular complexity index is 1010. The molecule has 4 rings (SSSR count). The van der Waals surface area contributed by atoms with E-state index in [1.807, 2.05) is 6.07 Å². The molecule has 2 aliphatic rings. The van der Waals surface area contributed by atoms with Crippen LogP contribution in [-0.4, -0.2) is 51.0 Å². The van der Waals surface area contributed by atoms with Crippen LogP contribution in [0, 0.1) is 6.92 Å². The van der Waals surface area contributed by atoms with E-state index in [1.54, 1.807) is 19.1 Å². The van der Waals surface area contributed by atoms with Gasteiger partial charge in [0.1, 0.15) is 0 Å². The summed E-state index contributed by atoms with van der Waals surface area (Å²) >= 11 is 0. The lowest BCUT2D eigenvalue weighted by atomic mass is 9.82. The molecule has 2 aromatic carbocycles. The fraction of sp³-hybridized carbons (Fsp3) is 0.458. The average molecular weight is 443 g/mol. The number of hydrogen-bond acceptors (Lipinski definition) is 4. The van der Waals surface area contributed by atoms with E-state index in [2.05, 4.69) is 29.6 Å². The van der Waals surface area contributed by atoms with E-state index in [9.17, 15) is 13.2 Å². The fourth-order valence-corrected chi connectivity index (χ4v) is 6.17. The lowest BCUT2D eigenvalue weighted by Gasteiger charge is -2.29. The van der Waals surface area contributed by atoms with Gasteiger partial charge in [0.25, 0.3) is 5.91 Å². The summed E-state index contributed by atoms with van der Waals surface area (Å²) in [6.07, 6.45) is 3.94. The van der Waals surface area contributed by atoms with Gasteiger partial charge in [-0.2, -0.15) is 4.31 Å². The second kappa shape index (κ2) is 9.51. The lowest BCUT2D eigenvalue weighted by Crippen LogP contribution is -2.41. The van der Waals surface area contributed by atoms with Crippen LogP contribution in [0.1, 0.15) is 53.1 Å². The van der Waals surface area contributed by atoms with Gasteiger partial charge in [-0.25, -0.2) is 8.42 Å². The van der Waals surface area contributed by atoms with Crippen LogP contribution in [0.4, 0.5) is 0 Å². The molecule has 0 unspecified atom stereocenters. The SMILES string of the molecule is Cc1ccc(C(=O)NC2CCC(c3ccccc3)CC2)cc1S(=O)(=O)N1CCOCC1. The van der Waals surface area contributed by atoms with Crippen molar-refractivity contribution in [1.82, 2.24) is 9.62 Å². The van der Waals surface area contributed by atoms with E-state index in [0.717, 1.165) is 25.7 Å². The van der Waals surface area contributed by atoms with Gasteiger partial charge < -0.3 is 10.1 Å². The van der Waals surface area contributed by atoms with E-state index < -0.39 is 10.0 Å². The lowest BCUT2D eigenvalue weighted by molar-refractivity contribution is 0.0730. The number of hydrogen-bond donors (Lipinski definition) is 1. The highest BCUT2D eigenvalue weighted by Crippen LogP contribution is 2.33. The van der Waals surface area contributed by atoms with Gasteiger partial charge in [0.15, 0.2) is 0 Å². The molecule has 1 amide bonds. The van der Waals surface area contributed by atoms with Crippen molar-refractivity contribution >= 4 is 15.9 Å². The molecule has 0 atom stereocenters. The number of nitrogens with zero attached hydrogens (tertiary/aromatic N) is 1. The number of morpholine rings is 1. The Morgan fingerprint density at radius 2 is 1.68 bits per heavy atom. The molecule has 1 aliphatic heterocycles. The molecule has 0 bridgehead atoms. The summed E-state index contributed by atoms with van der Waals surface area (Å²) in [5, 5.41) is 3.12. The number of carbonyl (C=O) groups excluding carboxylic acids is 1. The average Bonchev–Trinajstić information content (AvgIpc) is 2.81. The Hall–Kier alpha value is -2.22. The van der Waals surface area contributed by atoms with Crippen LogP contribution in [0.2, 0.25) is 0 Å². The fourth-order valence-electron chi connectivity index (χ4n) is 4.51. The molecule has 166 valence electrons. The smallest absolute Gasteiger partial charge is 0.251 e. The minimum atomic E-state index is -3.65. The molecule has 0 radical (unpaired) electrons. The maximum atomic E-state index is 13.1. The summed E-state index contributed by atoms with van der Waals surface area (Å²) < 4.78 is 32.9. The van der Waals surface area contributed by atoms with E-state index in [1.165, 1.54) is 15.9 Å². The Kier molecular flexibility index (Phi) is 6.74. The van der Waals surface area contributed by atoms with Crippen molar-refractivity contribution in [3.8, 4) is 0 Å². The Balaban J connectivity index is 1.42. The second-order valence-corrected chi connectivity index (χ2v) is 10.3. The number of ether oxygens (including phenoxy) is 1. The summed E-state index contributed by atoms with van der Waals surface area (Å²) in [4.78, 5) is 13.1. The third-order valence-electron chi connectivity index (χ3n) is 6.37. The molecule has 1 saturated carbocycles. The zero-order valence-corrected chi connectivity index (χ0v) is 18.7. The van der Waals surface area contributed by atoms with Crippen molar-refractivity contribution in [2.24, 2.45) is 0 Å². The summed E-state index contributed by atoms with van der Waals surface area (Å²) in [6.45, 7) is 3.22. The Morgan fingerprint density at radius 1 is 1.00 bits per heavy atom. The number of rotatable bonds is 5. The predicted octanol–water partition coefficient (Wildman–Crippen LogP) is 3.47. The van der Waals surface area contributed by atoms with Gasteiger partial charge >= 0.3 is 0 Å². The standard InChI is InChI=1S/C24H30N2O4S/c1-18-7-8-21(17-23(18)31(28,29)26-13-15-30-16-14-26)24(27)25-22-11-9-20(10-12-22)19-5-3-2-4-6-19/h2-8,17,20,22H,9-16H2,1H3,(H,25,27). The summed E-state index contributed by atoms with van der Waals surface area (Å²) in [7, 11) is -3.65. The molecule has 1 N–H and O–H groups in total. The molecule has 7 heteroatoms. The zero-order chi connectivity index (χ0) is 21.8. The van der Waals surface area contributed by atoms with E-state index in [-0.39, 0.29) is 16.8 Å². The predicted molar refractivity (Wildman–Crippen MR) is 120 cm³/mol.